The molecule has 0 aliphatic rings. The molecule has 5 heteroatoms. The van der Waals surface area contributed by atoms with Crippen LogP contribution in [0.2, 0.25) is 0 Å². The van der Waals surface area contributed by atoms with E-state index in [0.717, 1.165) is 36.4 Å². The van der Waals surface area contributed by atoms with Gasteiger partial charge in [-0.2, -0.15) is 5.10 Å². The molecule has 0 fully saturated rings. The summed E-state index contributed by atoms with van der Waals surface area (Å²) >= 11 is 0. The highest BCUT2D eigenvalue weighted by Crippen LogP contribution is 2.18. The van der Waals surface area contributed by atoms with Crippen molar-refractivity contribution < 1.29 is 5.11 Å². The second-order valence-corrected chi connectivity index (χ2v) is 5.79. The molecule has 104 valence electrons. The van der Waals surface area contributed by atoms with E-state index < -0.39 is 0 Å². The molecule has 0 unspecified atom stereocenters. The van der Waals surface area contributed by atoms with Crippen LogP contribution in [0.3, 0.4) is 0 Å². The van der Waals surface area contributed by atoms with Crippen LogP contribution in [0.25, 0.3) is 5.65 Å². The molecule has 0 aliphatic carbocycles. The minimum Gasteiger partial charge on any atom is -0.396 e. The Morgan fingerprint density at radius 3 is 2.95 bits per heavy atom. The van der Waals surface area contributed by atoms with Crippen molar-refractivity contribution in [1.82, 2.24) is 19.9 Å². The predicted octanol–water partition coefficient (Wildman–Crippen LogP) is 1.54. The minimum absolute atomic E-state index is 0.106. The molecule has 0 atom stereocenters. The van der Waals surface area contributed by atoms with Crippen LogP contribution in [0.15, 0.2) is 18.5 Å². The second-order valence-electron chi connectivity index (χ2n) is 5.79. The maximum atomic E-state index is 8.99. The van der Waals surface area contributed by atoms with Gasteiger partial charge in [-0.05, 0) is 18.8 Å². The van der Waals surface area contributed by atoms with Crippen molar-refractivity contribution in [3.8, 4) is 0 Å². The SMILES string of the molecule is Cc1cc2ncc(CNCC(C)(C)CCO)cn2n1. The third kappa shape index (κ3) is 3.75. The van der Waals surface area contributed by atoms with E-state index in [1.165, 1.54) is 0 Å². The number of nitrogens with zero attached hydrogens (tertiary/aromatic N) is 3. The Hall–Kier alpha value is -1.46. The number of aromatic nitrogens is 3. The van der Waals surface area contributed by atoms with E-state index in [9.17, 15) is 0 Å². The minimum atomic E-state index is 0.106. The van der Waals surface area contributed by atoms with E-state index in [2.05, 4.69) is 29.2 Å². The molecule has 0 spiro atoms. The molecule has 19 heavy (non-hydrogen) atoms. The molecule has 2 N–H and O–H groups in total. The fraction of sp³-hybridized carbons (Fsp3) is 0.571. The number of nitrogens with one attached hydrogen (secondary N) is 1. The van der Waals surface area contributed by atoms with Gasteiger partial charge in [0.25, 0.3) is 0 Å². The van der Waals surface area contributed by atoms with Gasteiger partial charge in [0.1, 0.15) is 0 Å². The monoisotopic (exact) mass is 262 g/mol. The van der Waals surface area contributed by atoms with Crippen molar-refractivity contribution in [2.75, 3.05) is 13.2 Å². The molecule has 0 saturated carbocycles. The van der Waals surface area contributed by atoms with Crippen molar-refractivity contribution in [1.29, 1.82) is 0 Å². The first-order chi connectivity index (χ1) is 9.00. The molecule has 0 radical (unpaired) electrons. The van der Waals surface area contributed by atoms with Crippen LogP contribution in [0.5, 0.6) is 0 Å². The fourth-order valence-corrected chi connectivity index (χ4v) is 2.06. The van der Waals surface area contributed by atoms with Gasteiger partial charge in [-0.1, -0.05) is 13.8 Å². The van der Waals surface area contributed by atoms with Crippen LogP contribution in [0, 0.1) is 12.3 Å². The summed E-state index contributed by atoms with van der Waals surface area (Å²) in [7, 11) is 0. The van der Waals surface area contributed by atoms with Crippen LogP contribution < -0.4 is 5.32 Å². The maximum Gasteiger partial charge on any atom is 0.155 e. The van der Waals surface area contributed by atoms with Gasteiger partial charge < -0.3 is 10.4 Å². The van der Waals surface area contributed by atoms with Gasteiger partial charge in [0.2, 0.25) is 0 Å². The maximum absolute atomic E-state index is 8.99. The smallest absolute Gasteiger partial charge is 0.155 e. The van der Waals surface area contributed by atoms with Gasteiger partial charge in [-0.3, -0.25) is 0 Å². The summed E-state index contributed by atoms with van der Waals surface area (Å²) in [5, 5.41) is 16.7. The number of aliphatic hydroxyl groups excluding tert-OH is 1. The van der Waals surface area contributed by atoms with Crippen molar-refractivity contribution in [2.45, 2.75) is 33.7 Å². The Morgan fingerprint density at radius 2 is 2.21 bits per heavy atom. The highest BCUT2D eigenvalue weighted by atomic mass is 16.3. The summed E-state index contributed by atoms with van der Waals surface area (Å²) in [6.07, 6.45) is 4.68. The Labute approximate surface area is 113 Å². The standard InChI is InChI=1S/C14H22N4O/c1-11-6-13-16-8-12(9-18(13)17-11)7-15-10-14(2,3)4-5-19/h6,8-9,15,19H,4-5,7,10H2,1-3H3. The van der Waals surface area contributed by atoms with Gasteiger partial charge in [0, 0.05) is 43.7 Å². The lowest BCUT2D eigenvalue weighted by atomic mass is 9.90. The Morgan fingerprint density at radius 1 is 1.42 bits per heavy atom. The van der Waals surface area contributed by atoms with E-state index >= 15 is 0 Å². The van der Waals surface area contributed by atoms with Crippen LogP contribution in [0.1, 0.15) is 31.5 Å². The lowest BCUT2D eigenvalue weighted by molar-refractivity contribution is 0.207. The highest BCUT2D eigenvalue weighted by Gasteiger charge is 2.16. The summed E-state index contributed by atoms with van der Waals surface area (Å²) in [4.78, 5) is 4.37. The summed E-state index contributed by atoms with van der Waals surface area (Å²) in [6.45, 7) is 8.11. The van der Waals surface area contributed by atoms with Crippen LogP contribution in [-0.4, -0.2) is 32.9 Å². The molecule has 0 aliphatic heterocycles. The van der Waals surface area contributed by atoms with Crippen molar-refractivity contribution in [3.05, 3.63) is 29.7 Å². The molecular weight excluding hydrogens is 240 g/mol. The largest absolute Gasteiger partial charge is 0.396 e. The highest BCUT2D eigenvalue weighted by molar-refractivity contribution is 5.38. The Bertz CT molecular complexity index is 547. The van der Waals surface area contributed by atoms with Gasteiger partial charge in [0.15, 0.2) is 5.65 Å². The zero-order valence-corrected chi connectivity index (χ0v) is 11.8. The lowest BCUT2D eigenvalue weighted by Gasteiger charge is -2.23. The topological polar surface area (TPSA) is 62.5 Å². The number of fused-ring (bicyclic) bond motifs is 1. The first-order valence-electron chi connectivity index (χ1n) is 6.63. The molecule has 2 rings (SSSR count). The molecular formula is C14H22N4O. The predicted molar refractivity (Wildman–Crippen MR) is 74.9 cm³/mol. The number of rotatable bonds is 6. The molecule has 5 nitrogen and oxygen atoms in total. The molecule has 0 saturated heterocycles. The molecule has 0 amide bonds. The number of aryl methyl sites for hydroxylation is 1. The average Bonchev–Trinajstić information content (AvgIpc) is 2.68. The summed E-state index contributed by atoms with van der Waals surface area (Å²) < 4.78 is 1.81. The van der Waals surface area contributed by atoms with Crippen molar-refractivity contribution >= 4 is 5.65 Å². The third-order valence-electron chi connectivity index (χ3n) is 3.21. The Balaban J connectivity index is 1.94. The first-order valence-corrected chi connectivity index (χ1v) is 6.63. The lowest BCUT2D eigenvalue weighted by Crippen LogP contribution is -2.30. The van der Waals surface area contributed by atoms with E-state index in [1.54, 1.807) is 0 Å². The number of hydrogen-bond donors (Lipinski definition) is 2. The van der Waals surface area contributed by atoms with Crippen LogP contribution in [0.4, 0.5) is 0 Å². The van der Waals surface area contributed by atoms with Crippen LogP contribution in [-0.2, 0) is 6.54 Å². The van der Waals surface area contributed by atoms with E-state index in [-0.39, 0.29) is 12.0 Å². The summed E-state index contributed by atoms with van der Waals surface area (Å²) in [6, 6.07) is 1.96. The van der Waals surface area contributed by atoms with Gasteiger partial charge in [-0.25, -0.2) is 9.50 Å². The molecule has 2 aromatic heterocycles. The summed E-state index contributed by atoms with van der Waals surface area (Å²) in [5.74, 6) is 0. The molecule has 0 aromatic carbocycles. The van der Waals surface area contributed by atoms with Crippen molar-refractivity contribution in [3.63, 3.8) is 0 Å². The quantitative estimate of drug-likeness (QED) is 0.829. The van der Waals surface area contributed by atoms with Crippen molar-refractivity contribution in [2.24, 2.45) is 5.41 Å². The normalized spacial score (nSPS) is 12.2. The fourth-order valence-electron chi connectivity index (χ4n) is 2.06. The number of aliphatic hydroxyl groups is 1. The molecule has 0 bridgehead atoms. The molecule has 2 heterocycles. The third-order valence-corrected chi connectivity index (χ3v) is 3.21. The summed E-state index contributed by atoms with van der Waals surface area (Å²) in [5.41, 5.74) is 3.06. The molecule has 2 aromatic rings. The van der Waals surface area contributed by atoms with Gasteiger partial charge in [0.05, 0.1) is 5.69 Å². The van der Waals surface area contributed by atoms with E-state index in [0.29, 0.717) is 0 Å². The first kappa shape index (κ1) is 14.0. The number of hydrogen-bond acceptors (Lipinski definition) is 4. The zero-order valence-electron chi connectivity index (χ0n) is 11.8. The van der Waals surface area contributed by atoms with E-state index in [4.69, 9.17) is 5.11 Å². The van der Waals surface area contributed by atoms with Crippen LogP contribution >= 0.6 is 0 Å². The van der Waals surface area contributed by atoms with Gasteiger partial charge >= 0.3 is 0 Å². The average molecular weight is 262 g/mol. The van der Waals surface area contributed by atoms with E-state index in [1.807, 2.05) is 29.9 Å². The zero-order chi connectivity index (χ0) is 13.9. The van der Waals surface area contributed by atoms with Gasteiger partial charge in [-0.15, -0.1) is 0 Å². The second kappa shape index (κ2) is 5.67. The Kier molecular flexibility index (Phi) is 4.17.